The molecule has 0 N–H and O–H groups in total. The zero-order valence-electron chi connectivity index (χ0n) is 18.5. The van der Waals surface area contributed by atoms with Crippen LogP contribution in [0.2, 0.25) is 0 Å². The standard InChI is InChI=1S/C25H25FN6O/c1-30-23(17-31-11-3-2-4-12-31)22(16-29-30)19-5-6-20-15-28-24(14-21(20)13-19)32(26)25(33)18-7-9-27-10-8-18/h5-10,13-16H,2-4,11-12,17H2,1H3. The molecule has 4 heterocycles. The summed E-state index contributed by atoms with van der Waals surface area (Å²) in [5.41, 5.74) is 3.44. The van der Waals surface area contributed by atoms with Gasteiger partial charge in [-0.15, -0.1) is 5.12 Å². The van der Waals surface area contributed by atoms with Gasteiger partial charge in [-0.05, 0) is 61.1 Å². The van der Waals surface area contributed by atoms with Crippen molar-refractivity contribution >= 4 is 22.5 Å². The first-order valence-electron chi connectivity index (χ1n) is 11.1. The molecule has 1 aromatic carbocycles. The van der Waals surface area contributed by atoms with Gasteiger partial charge in [0.15, 0.2) is 5.82 Å². The Kier molecular flexibility index (Phi) is 5.83. The third-order valence-corrected chi connectivity index (χ3v) is 6.21. The van der Waals surface area contributed by atoms with E-state index in [4.69, 9.17) is 0 Å². The van der Waals surface area contributed by atoms with Crippen LogP contribution in [0.4, 0.5) is 10.3 Å². The first-order chi connectivity index (χ1) is 16.1. The Hall–Kier alpha value is -3.65. The second-order valence-electron chi connectivity index (χ2n) is 8.39. The molecule has 0 bridgehead atoms. The van der Waals surface area contributed by atoms with Gasteiger partial charge in [-0.2, -0.15) is 5.10 Å². The van der Waals surface area contributed by atoms with Crippen LogP contribution in [0.15, 0.2) is 61.2 Å². The Labute approximate surface area is 191 Å². The first-order valence-corrected chi connectivity index (χ1v) is 11.1. The van der Waals surface area contributed by atoms with Crippen molar-refractivity contribution in [3.63, 3.8) is 0 Å². The Morgan fingerprint density at radius 3 is 2.61 bits per heavy atom. The highest BCUT2D eigenvalue weighted by Gasteiger charge is 2.20. The van der Waals surface area contributed by atoms with Gasteiger partial charge in [0.2, 0.25) is 0 Å². The molecule has 5 rings (SSSR count). The summed E-state index contributed by atoms with van der Waals surface area (Å²) >= 11 is 0. The summed E-state index contributed by atoms with van der Waals surface area (Å²) in [5, 5.41) is 6.25. The molecule has 1 fully saturated rings. The molecule has 1 amide bonds. The number of rotatable bonds is 5. The maximum atomic E-state index is 14.9. The average Bonchev–Trinajstić information content (AvgIpc) is 3.23. The lowest BCUT2D eigenvalue weighted by Crippen LogP contribution is -2.30. The topological polar surface area (TPSA) is 67.2 Å². The first kappa shape index (κ1) is 21.2. The quantitative estimate of drug-likeness (QED) is 0.423. The van der Waals surface area contributed by atoms with Gasteiger partial charge in [-0.1, -0.05) is 23.0 Å². The fourth-order valence-electron chi connectivity index (χ4n) is 4.34. The molecular weight excluding hydrogens is 419 g/mol. The summed E-state index contributed by atoms with van der Waals surface area (Å²) in [5.74, 6) is -0.835. The fraction of sp³-hybridized carbons (Fsp3) is 0.280. The number of aryl methyl sites for hydroxylation is 1. The Bertz CT molecular complexity index is 1280. The van der Waals surface area contributed by atoms with Crippen LogP contribution < -0.4 is 5.12 Å². The van der Waals surface area contributed by atoms with Crippen LogP contribution >= 0.6 is 0 Å². The molecule has 0 radical (unpaired) electrons. The summed E-state index contributed by atoms with van der Waals surface area (Å²) in [6.45, 7) is 3.06. The number of benzene rings is 1. The van der Waals surface area contributed by atoms with Crippen LogP contribution in [0.5, 0.6) is 0 Å². The monoisotopic (exact) mass is 444 g/mol. The molecule has 1 aliphatic heterocycles. The molecular formula is C25H25FN6O. The van der Waals surface area contributed by atoms with Crippen molar-refractivity contribution in [1.29, 1.82) is 0 Å². The molecule has 33 heavy (non-hydrogen) atoms. The van der Waals surface area contributed by atoms with E-state index in [9.17, 15) is 9.28 Å². The molecule has 1 saturated heterocycles. The highest BCUT2D eigenvalue weighted by molar-refractivity contribution is 6.04. The summed E-state index contributed by atoms with van der Waals surface area (Å²) in [4.78, 5) is 23.0. The number of pyridine rings is 2. The number of carbonyl (C=O) groups excluding carboxylic acids is 1. The molecule has 0 saturated carbocycles. The number of fused-ring (bicyclic) bond motifs is 1. The van der Waals surface area contributed by atoms with Crippen molar-refractivity contribution in [3.05, 3.63) is 72.4 Å². The number of hydrogen-bond donors (Lipinski definition) is 0. The molecule has 4 aromatic rings. The third-order valence-electron chi connectivity index (χ3n) is 6.21. The van der Waals surface area contributed by atoms with Gasteiger partial charge < -0.3 is 0 Å². The summed E-state index contributed by atoms with van der Waals surface area (Å²) in [7, 11) is 1.97. The molecule has 0 unspecified atom stereocenters. The molecule has 168 valence electrons. The number of piperidine rings is 1. The van der Waals surface area contributed by atoms with E-state index >= 15 is 0 Å². The maximum absolute atomic E-state index is 14.9. The largest absolute Gasteiger partial charge is 0.298 e. The van der Waals surface area contributed by atoms with Gasteiger partial charge in [-0.25, -0.2) is 4.98 Å². The van der Waals surface area contributed by atoms with Crippen molar-refractivity contribution in [1.82, 2.24) is 24.6 Å². The number of nitrogens with zero attached hydrogens (tertiary/aromatic N) is 6. The molecule has 7 nitrogen and oxygen atoms in total. The van der Waals surface area contributed by atoms with Crippen LogP contribution in [0, 0.1) is 0 Å². The van der Waals surface area contributed by atoms with Crippen LogP contribution in [0.1, 0.15) is 35.3 Å². The predicted octanol–water partition coefficient (Wildman–Crippen LogP) is 4.55. The number of halogens is 1. The second kappa shape index (κ2) is 9.07. The molecule has 3 aromatic heterocycles. The molecule has 1 aliphatic rings. The van der Waals surface area contributed by atoms with Crippen LogP contribution in [0.3, 0.4) is 0 Å². The normalized spacial score (nSPS) is 14.5. The van der Waals surface area contributed by atoms with E-state index in [1.807, 2.05) is 36.1 Å². The van der Waals surface area contributed by atoms with E-state index in [0.29, 0.717) is 0 Å². The lowest BCUT2D eigenvalue weighted by atomic mass is 10.0. The van der Waals surface area contributed by atoms with E-state index in [2.05, 4.69) is 20.0 Å². The van der Waals surface area contributed by atoms with Gasteiger partial charge >= 0.3 is 0 Å². The Morgan fingerprint density at radius 2 is 1.82 bits per heavy atom. The Morgan fingerprint density at radius 1 is 1.03 bits per heavy atom. The van der Waals surface area contributed by atoms with Crippen molar-refractivity contribution in [2.75, 3.05) is 18.2 Å². The predicted molar refractivity (Wildman–Crippen MR) is 125 cm³/mol. The van der Waals surface area contributed by atoms with E-state index < -0.39 is 5.91 Å². The smallest absolute Gasteiger partial charge is 0.287 e. The van der Waals surface area contributed by atoms with Gasteiger partial charge in [0.05, 0.1) is 11.9 Å². The molecule has 0 spiro atoms. The summed E-state index contributed by atoms with van der Waals surface area (Å²) in [6, 6.07) is 10.5. The maximum Gasteiger partial charge on any atom is 0.287 e. The van der Waals surface area contributed by atoms with Gasteiger partial charge in [0.1, 0.15) is 0 Å². The van der Waals surface area contributed by atoms with E-state index in [1.165, 1.54) is 43.8 Å². The van der Waals surface area contributed by atoms with E-state index in [0.717, 1.165) is 47.2 Å². The van der Waals surface area contributed by atoms with Crippen molar-refractivity contribution in [2.45, 2.75) is 25.8 Å². The SMILES string of the molecule is Cn1ncc(-c2ccc3cnc(N(F)C(=O)c4ccncc4)cc3c2)c1CN1CCCCC1. The highest BCUT2D eigenvalue weighted by Crippen LogP contribution is 2.30. The second-order valence-corrected chi connectivity index (χ2v) is 8.39. The zero-order valence-corrected chi connectivity index (χ0v) is 18.5. The minimum absolute atomic E-state index is 0.0545. The van der Waals surface area contributed by atoms with Gasteiger partial charge in [0, 0.05) is 48.7 Å². The number of amides is 1. The van der Waals surface area contributed by atoms with Crippen molar-refractivity contribution < 1.29 is 9.28 Å². The minimum Gasteiger partial charge on any atom is -0.298 e. The number of hydrogen-bond acceptors (Lipinski definition) is 5. The van der Waals surface area contributed by atoms with Crippen LogP contribution in [-0.2, 0) is 13.6 Å². The van der Waals surface area contributed by atoms with Crippen molar-refractivity contribution in [3.8, 4) is 11.1 Å². The van der Waals surface area contributed by atoms with Gasteiger partial charge in [0.25, 0.3) is 5.91 Å². The molecule has 8 heteroatoms. The number of aromatic nitrogens is 4. The lowest BCUT2D eigenvalue weighted by molar-refractivity contribution is 0.0930. The molecule has 0 atom stereocenters. The van der Waals surface area contributed by atoms with E-state index in [1.54, 1.807) is 12.3 Å². The molecule has 0 aliphatic carbocycles. The minimum atomic E-state index is -0.781. The summed E-state index contributed by atoms with van der Waals surface area (Å²) in [6.07, 6.45) is 10.1. The van der Waals surface area contributed by atoms with Crippen LogP contribution in [0.25, 0.3) is 21.9 Å². The third kappa shape index (κ3) is 4.34. The highest BCUT2D eigenvalue weighted by atomic mass is 19.2. The van der Waals surface area contributed by atoms with Crippen LogP contribution in [-0.4, -0.2) is 43.6 Å². The average molecular weight is 445 g/mol. The van der Waals surface area contributed by atoms with E-state index in [-0.39, 0.29) is 16.5 Å². The number of carbonyl (C=O) groups is 1. The lowest BCUT2D eigenvalue weighted by Gasteiger charge is -2.26. The summed E-state index contributed by atoms with van der Waals surface area (Å²) < 4.78 is 16.8. The Balaban J connectivity index is 1.46. The fourth-order valence-corrected chi connectivity index (χ4v) is 4.34. The van der Waals surface area contributed by atoms with Crippen molar-refractivity contribution in [2.24, 2.45) is 7.05 Å². The number of likely N-dealkylation sites (tertiary alicyclic amines) is 1. The zero-order chi connectivity index (χ0) is 22.8. The number of anilines is 1. The van der Waals surface area contributed by atoms with Gasteiger partial charge in [-0.3, -0.25) is 19.4 Å².